The lowest BCUT2D eigenvalue weighted by Gasteiger charge is -2.11. The van der Waals surface area contributed by atoms with Gasteiger partial charge in [0, 0.05) is 11.8 Å². The van der Waals surface area contributed by atoms with Crippen molar-refractivity contribution in [2.24, 2.45) is 0 Å². The Hall–Kier alpha value is -3.69. The molecule has 0 aliphatic carbocycles. The molecule has 0 aliphatic rings. The van der Waals surface area contributed by atoms with Gasteiger partial charge in [0.2, 0.25) is 0 Å². The molecule has 0 fully saturated rings. The highest BCUT2D eigenvalue weighted by Crippen LogP contribution is 2.32. The average Bonchev–Trinajstić information content (AvgIpc) is 3.19. The lowest BCUT2D eigenvalue weighted by Crippen LogP contribution is -2.14. The lowest BCUT2D eigenvalue weighted by molar-refractivity contribution is -0.137. The Balaban J connectivity index is 1.88. The van der Waals surface area contributed by atoms with Crippen LogP contribution in [0.1, 0.15) is 23.0 Å². The highest BCUT2D eigenvalue weighted by Gasteiger charge is 2.30. The van der Waals surface area contributed by atoms with Gasteiger partial charge < -0.3 is 19.5 Å². The Labute approximate surface area is 176 Å². The van der Waals surface area contributed by atoms with Gasteiger partial charge in [-0.3, -0.25) is 4.79 Å². The van der Waals surface area contributed by atoms with Crippen LogP contribution in [-0.2, 0) is 6.18 Å². The summed E-state index contributed by atoms with van der Waals surface area (Å²) in [6, 6.07) is 9.46. The van der Waals surface area contributed by atoms with E-state index in [0.29, 0.717) is 23.8 Å². The van der Waals surface area contributed by atoms with Gasteiger partial charge in [0.1, 0.15) is 0 Å². The molecule has 7 nitrogen and oxygen atoms in total. The first kappa shape index (κ1) is 22.0. The van der Waals surface area contributed by atoms with E-state index in [-0.39, 0.29) is 17.1 Å². The number of carbonyl (C=O) groups is 1. The van der Waals surface area contributed by atoms with Crippen LogP contribution in [-0.4, -0.2) is 36.5 Å². The molecule has 0 saturated heterocycles. The summed E-state index contributed by atoms with van der Waals surface area (Å²) < 4.78 is 56.1. The number of methoxy groups -OCH3 is 2. The van der Waals surface area contributed by atoms with E-state index in [4.69, 9.17) is 14.2 Å². The first-order valence-corrected chi connectivity index (χ1v) is 9.20. The Kier molecular flexibility index (Phi) is 6.38. The topological polar surface area (TPSA) is 74.6 Å². The van der Waals surface area contributed by atoms with Crippen molar-refractivity contribution in [1.29, 1.82) is 0 Å². The van der Waals surface area contributed by atoms with Crippen molar-refractivity contribution in [2.75, 3.05) is 26.1 Å². The highest BCUT2D eigenvalue weighted by atomic mass is 19.4. The summed E-state index contributed by atoms with van der Waals surface area (Å²) >= 11 is 0. The zero-order valence-electron chi connectivity index (χ0n) is 17.0. The number of nitrogens with zero attached hydrogens (tertiary/aromatic N) is 2. The molecule has 0 unspecified atom stereocenters. The van der Waals surface area contributed by atoms with E-state index in [1.165, 1.54) is 32.5 Å². The van der Waals surface area contributed by atoms with Gasteiger partial charge in [-0.25, -0.2) is 4.68 Å². The van der Waals surface area contributed by atoms with Gasteiger partial charge in [0.05, 0.1) is 38.3 Å². The van der Waals surface area contributed by atoms with Gasteiger partial charge >= 0.3 is 6.18 Å². The van der Waals surface area contributed by atoms with Gasteiger partial charge in [-0.1, -0.05) is 6.07 Å². The molecule has 0 radical (unpaired) electrons. The molecule has 1 heterocycles. The number of nitrogens with one attached hydrogen (secondary N) is 1. The van der Waals surface area contributed by atoms with E-state index in [1.54, 1.807) is 18.2 Å². The number of aromatic nitrogens is 2. The van der Waals surface area contributed by atoms with Gasteiger partial charge in [-0.15, -0.1) is 0 Å². The minimum atomic E-state index is -4.50. The molecular formula is C21H20F3N3O4. The number of alkyl halides is 3. The Morgan fingerprint density at radius 3 is 2.45 bits per heavy atom. The Morgan fingerprint density at radius 1 is 1.06 bits per heavy atom. The third-order valence-electron chi connectivity index (χ3n) is 4.28. The van der Waals surface area contributed by atoms with E-state index in [0.717, 1.165) is 16.8 Å². The van der Waals surface area contributed by atoms with Gasteiger partial charge in [0.25, 0.3) is 5.91 Å². The summed E-state index contributed by atoms with van der Waals surface area (Å²) in [5.41, 5.74) is -0.365. The van der Waals surface area contributed by atoms with Crippen LogP contribution in [0.25, 0.3) is 5.69 Å². The van der Waals surface area contributed by atoms with Crippen LogP contribution in [0, 0.1) is 0 Å². The van der Waals surface area contributed by atoms with Gasteiger partial charge in [-0.05, 0) is 37.3 Å². The fraction of sp³-hybridized carbons (Fsp3) is 0.238. The summed E-state index contributed by atoms with van der Waals surface area (Å²) in [4.78, 5) is 12.8. The Morgan fingerprint density at radius 2 is 1.81 bits per heavy atom. The van der Waals surface area contributed by atoms with Crippen LogP contribution < -0.4 is 19.5 Å². The summed E-state index contributed by atoms with van der Waals surface area (Å²) in [5, 5.41) is 6.78. The second-order valence-corrected chi connectivity index (χ2v) is 6.29. The SMILES string of the molecule is CCOc1ccc(NC(=O)c2nn(-c3cccc(C(F)(F)F)c3)cc2OC)cc1OC. The number of benzene rings is 2. The smallest absolute Gasteiger partial charge is 0.416 e. The zero-order valence-corrected chi connectivity index (χ0v) is 17.0. The number of ether oxygens (including phenoxy) is 3. The second kappa shape index (κ2) is 8.99. The van der Waals surface area contributed by atoms with Crippen molar-refractivity contribution in [1.82, 2.24) is 9.78 Å². The van der Waals surface area contributed by atoms with Crippen LogP contribution in [0.5, 0.6) is 17.2 Å². The third-order valence-corrected chi connectivity index (χ3v) is 4.28. The number of carbonyl (C=O) groups excluding carboxylic acids is 1. The van der Waals surface area contributed by atoms with Crippen molar-refractivity contribution in [3.63, 3.8) is 0 Å². The van der Waals surface area contributed by atoms with Crippen molar-refractivity contribution in [3.05, 3.63) is 59.9 Å². The minimum Gasteiger partial charge on any atom is -0.493 e. The fourth-order valence-corrected chi connectivity index (χ4v) is 2.83. The fourth-order valence-electron chi connectivity index (χ4n) is 2.83. The minimum absolute atomic E-state index is 0.0900. The average molecular weight is 435 g/mol. The normalized spacial score (nSPS) is 11.2. The molecule has 1 N–H and O–H groups in total. The third kappa shape index (κ3) is 4.90. The standard InChI is InChI=1S/C21H20F3N3O4/c1-4-31-16-9-8-14(11-17(16)29-2)25-20(28)19-18(30-3)12-27(26-19)15-7-5-6-13(10-15)21(22,23)24/h5-12H,4H2,1-3H3,(H,25,28). The molecule has 1 amide bonds. The maximum atomic E-state index is 13.0. The number of anilines is 1. The first-order valence-electron chi connectivity index (χ1n) is 9.20. The molecule has 1 aromatic heterocycles. The molecule has 0 saturated carbocycles. The zero-order chi connectivity index (χ0) is 22.6. The summed E-state index contributed by atoms with van der Waals surface area (Å²) in [6.45, 7) is 2.29. The van der Waals surface area contributed by atoms with Gasteiger partial charge in [-0.2, -0.15) is 18.3 Å². The lowest BCUT2D eigenvalue weighted by atomic mass is 10.2. The quantitative estimate of drug-likeness (QED) is 0.589. The molecule has 10 heteroatoms. The van der Waals surface area contributed by atoms with Crippen molar-refractivity contribution in [3.8, 4) is 22.9 Å². The van der Waals surface area contributed by atoms with Crippen LogP contribution in [0.15, 0.2) is 48.7 Å². The highest BCUT2D eigenvalue weighted by molar-refractivity contribution is 6.04. The van der Waals surface area contributed by atoms with Crippen LogP contribution in [0.2, 0.25) is 0 Å². The number of halogens is 3. The molecule has 164 valence electrons. The van der Waals surface area contributed by atoms with E-state index in [9.17, 15) is 18.0 Å². The summed E-state index contributed by atoms with van der Waals surface area (Å²) in [6.07, 6.45) is -3.16. The van der Waals surface area contributed by atoms with Crippen LogP contribution in [0.4, 0.5) is 18.9 Å². The molecule has 0 spiro atoms. The number of rotatable bonds is 7. The van der Waals surface area contributed by atoms with E-state index in [1.807, 2.05) is 6.92 Å². The molecule has 0 atom stereocenters. The Bertz CT molecular complexity index is 1080. The van der Waals surface area contributed by atoms with Gasteiger partial charge in [0.15, 0.2) is 22.9 Å². The number of amides is 1. The monoisotopic (exact) mass is 435 g/mol. The predicted molar refractivity (Wildman–Crippen MR) is 107 cm³/mol. The second-order valence-electron chi connectivity index (χ2n) is 6.29. The molecule has 0 aliphatic heterocycles. The summed E-state index contributed by atoms with van der Waals surface area (Å²) in [7, 11) is 2.81. The maximum Gasteiger partial charge on any atom is 0.416 e. The van der Waals surface area contributed by atoms with Crippen molar-refractivity contribution < 1.29 is 32.2 Å². The number of hydrogen-bond donors (Lipinski definition) is 1. The molecule has 2 aromatic carbocycles. The number of hydrogen-bond acceptors (Lipinski definition) is 5. The van der Waals surface area contributed by atoms with E-state index in [2.05, 4.69) is 10.4 Å². The predicted octanol–water partition coefficient (Wildman–Crippen LogP) is 4.56. The largest absolute Gasteiger partial charge is 0.493 e. The molecule has 31 heavy (non-hydrogen) atoms. The maximum absolute atomic E-state index is 13.0. The molecule has 0 bridgehead atoms. The van der Waals surface area contributed by atoms with Crippen molar-refractivity contribution in [2.45, 2.75) is 13.1 Å². The van der Waals surface area contributed by atoms with Crippen LogP contribution >= 0.6 is 0 Å². The first-order chi connectivity index (χ1) is 14.8. The molecule has 3 aromatic rings. The van der Waals surface area contributed by atoms with E-state index < -0.39 is 17.6 Å². The molecule has 3 rings (SSSR count). The van der Waals surface area contributed by atoms with E-state index >= 15 is 0 Å². The van der Waals surface area contributed by atoms with Crippen LogP contribution in [0.3, 0.4) is 0 Å². The molecular weight excluding hydrogens is 415 g/mol. The summed E-state index contributed by atoms with van der Waals surface area (Å²) in [5.74, 6) is 0.456. The van der Waals surface area contributed by atoms with Crippen molar-refractivity contribution >= 4 is 11.6 Å².